The summed E-state index contributed by atoms with van der Waals surface area (Å²) in [5.74, 6) is 1.60. The quantitative estimate of drug-likeness (QED) is 0.521. The molecule has 1 nitrogen and oxygen atoms in total. The molecule has 72 valence electrons. The maximum atomic E-state index is 11.7. The smallest absolute Gasteiger partial charge is 0.136 e. The summed E-state index contributed by atoms with van der Waals surface area (Å²) in [4.78, 5) is 11.7. The van der Waals surface area contributed by atoms with E-state index in [9.17, 15) is 4.79 Å². The van der Waals surface area contributed by atoms with Gasteiger partial charge in [-0.25, -0.2) is 0 Å². The average molecular weight is 178 g/mol. The number of fused-ring (bicyclic) bond motifs is 1. The van der Waals surface area contributed by atoms with E-state index in [0.29, 0.717) is 17.6 Å². The average Bonchev–Trinajstić information content (AvgIpc) is 2.09. The van der Waals surface area contributed by atoms with Gasteiger partial charge in [0, 0.05) is 12.3 Å². The van der Waals surface area contributed by atoms with Gasteiger partial charge in [0.25, 0.3) is 0 Å². The first-order valence-corrected chi connectivity index (χ1v) is 5.36. The Morgan fingerprint density at radius 1 is 1.15 bits per heavy atom. The maximum Gasteiger partial charge on any atom is 0.136 e. The van der Waals surface area contributed by atoms with E-state index >= 15 is 0 Å². The fourth-order valence-corrected chi connectivity index (χ4v) is 2.78. The second kappa shape index (κ2) is 3.28. The van der Waals surface area contributed by atoms with Crippen molar-refractivity contribution in [1.82, 2.24) is 0 Å². The molecule has 0 spiro atoms. The van der Waals surface area contributed by atoms with Gasteiger partial charge in [-0.15, -0.1) is 0 Å². The second-order valence-corrected chi connectivity index (χ2v) is 4.69. The molecule has 0 saturated heterocycles. The molecule has 0 aromatic heterocycles. The first kappa shape index (κ1) is 8.98. The van der Waals surface area contributed by atoms with Gasteiger partial charge in [-0.05, 0) is 45.4 Å². The van der Waals surface area contributed by atoms with Crippen LogP contribution in [0.15, 0.2) is 11.1 Å². The Bertz CT molecular complexity index is 262. The number of carbonyl (C=O) groups is 1. The van der Waals surface area contributed by atoms with Gasteiger partial charge in [-0.3, -0.25) is 4.79 Å². The number of rotatable bonds is 0. The van der Waals surface area contributed by atoms with Crippen LogP contribution in [-0.2, 0) is 4.79 Å². The standard InChI is InChI=1S/C12H18O/c1-8-6-10-4-3-5-12(13)11(10)7-9(8)2/h10-11H,3-7H2,1-2H3/t10-,11+/m0/s1. The van der Waals surface area contributed by atoms with Crippen LogP contribution in [0.3, 0.4) is 0 Å². The molecule has 2 aliphatic carbocycles. The zero-order valence-electron chi connectivity index (χ0n) is 8.60. The van der Waals surface area contributed by atoms with Gasteiger partial charge in [0.2, 0.25) is 0 Å². The van der Waals surface area contributed by atoms with E-state index in [1.807, 2.05) is 0 Å². The van der Waals surface area contributed by atoms with Crippen molar-refractivity contribution in [2.24, 2.45) is 11.8 Å². The first-order chi connectivity index (χ1) is 6.18. The van der Waals surface area contributed by atoms with E-state index in [1.54, 1.807) is 0 Å². The van der Waals surface area contributed by atoms with Crippen LogP contribution in [0.25, 0.3) is 0 Å². The molecule has 2 aliphatic rings. The first-order valence-electron chi connectivity index (χ1n) is 5.36. The molecule has 0 aromatic carbocycles. The van der Waals surface area contributed by atoms with Gasteiger partial charge in [0.05, 0.1) is 0 Å². The number of Topliss-reactive ketones (excluding diaryl/α,β-unsaturated/α-hetero) is 1. The van der Waals surface area contributed by atoms with E-state index in [0.717, 1.165) is 19.3 Å². The van der Waals surface area contributed by atoms with Gasteiger partial charge in [-0.1, -0.05) is 11.1 Å². The molecule has 0 N–H and O–H groups in total. The summed E-state index contributed by atoms with van der Waals surface area (Å²) in [5.41, 5.74) is 3.01. The number of carbonyl (C=O) groups excluding carboxylic acids is 1. The van der Waals surface area contributed by atoms with Crippen molar-refractivity contribution in [3.05, 3.63) is 11.1 Å². The van der Waals surface area contributed by atoms with Crippen molar-refractivity contribution in [3.63, 3.8) is 0 Å². The second-order valence-electron chi connectivity index (χ2n) is 4.69. The van der Waals surface area contributed by atoms with Gasteiger partial charge < -0.3 is 0 Å². The Hall–Kier alpha value is -0.590. The summed E-state index contributed by atoms with van der Waals surface area (Å²) < 4.78 is 0. The van der Waals surface area contributed by atoms with Crippen molar-refractivity contribution < 1.29 is 4.79 Å². The zero-order chi connectivity index (χ0) is 9.42. The van der Waals surface area contributed by atoms with Crippen LogP contribution < -0.4 is 0 Å². The largest absolute Gasteiger partial charge is 0.299 e. The van der Waals surface area contributed by atoms with Crippen LogP contribution in [0.4, 0.5) is 0 Å². The molecule has 0 radical (unpaired) electrons. The van der Waals surface area contributed by atoms with Gasteiger partial charge in [0.1, 0.15) is 5.78 Å². The summed E-state index contributed by atoms with van der Waals surface area (Å²) in [5, 5.41) is 0. The number of ketones is 1. The highest BCUT2D eigenvalue weighted by Gasteiger charge is 2.34. The summed E-state index contributed by atoms with van der Waals surface area (Å²) in [6, 6.07) is 0. The van der Waals surface area contributed by atoms with Gasteiger partial charge >= 0.3 is 0 Å². The minimum atomic E-state index is 0.387. The zero-order valence-corrected chi connectivity index (χ0v) is 8.60. The van der Waals surface area contributed by atoms with Crippen LogP contribution in [-0.4, -0.2) is 5.78 Å². The molecular weight excluding hydrogens is 160 g/mol. The van der Waals surface area contributed by atoms with Crippen LogP contribution in [0.5, 0.6) is 0 Å². The molecule has 0 amide bonds. The number of hydrogen-bond donors (Lipinski definition) is 0. The lowest BCUT2D eigenvalue weighted by atomic mass is 9.69. The molecule has 1 heteroatoms. The third kappa shape index (κ3) is 1.56. The molecule has 0 bridgehead atoms. The summed E-state index contributed by atoms with van der Waals surface area (Å²) in [6.07, 6.45) is 5.48. The minimum Gasteiger partial charge on any atom is -0.299 e. The normalized spacial score (nSPS) is 34.8. The van der Waals surface area contributed by atoms with Crippen LogP contribution >= 0.6 is 0 Å². The summed E-state index contributed by atoms with van der Waals surface area (Å²) in [6.45, 7) is 4.41. The fourth-order valence-electron chi connectivity index (χ4n) is 2.78. The van der Waals surface area contributed by atoms with Crippen molar-refractivity contribution in [2.75, 3.05) is 0 Å². The highest BCUT2D eigenvalue weighted by molar-refractivity contribution is 5.82. The topological polar surface area (TPSA) is 17.1 Å². The van der Waals surface area contributed by atoms with Crippen molar-refractivity contribution in [1.29, 1.82) is 0 Å². The fraction of sp³-hybridized carbons (Fsp3) is 0.750. The Morgan fingerprint density at radius 2 is 1.85 bits per heavy atom. The predicted molar refractivity (Wildman–Crippen MR) is 53.4 cm³/mol. The van der Waals surface area contributed by atoms with E-state index in [4.69, 9.17) is 0 Å². The highest BCUT2D eigenvalue weighted by atomic mass is 16.1. The Balaban J connectivity index is 2.20. The lowest BCUT2D eigenvalue weighted by Crippen LogP contribution is -2.31. The van der Waals surface area contributed by atoms with Crippen molar-refractivity contribution in [3.8, 4) is 0 Å². The minimum absolute atomic E-state index is 0.387. The Morgan fingerprint density at radius 3 is 2.62 bits per heavy atom. The Kier molecular flexibility index (Phi) is 2.27. The molecule has 0 heterocycles. The summed E-state index contributed by atoms with van der Waals surface area (Å²) in [7, 11) is 0. The summed E-state index contributed by atoms with van der Waals surface area (Å²) >= 11 is 0. The third-order valence-corrected chi connectivity index (χ3v) is 3.80. The molecule has 0 aliphatic heterocycles. The molecule has 0 unspecified atom stereocenters. The van der Waals surface area contributed by atoms with Gasteiger partial charge in [0.15, 0.2) is 0 Å². The lowest BCUT2D eigenvalue weighted by molar-refractivity contribution is -0.126. The predicted octanol–water partition coefficient (Wildman–Crippen LogP) is 3.10. The molecule has 0 aromatic rings. The third-order valence-electron chi connectivity index (χ3n) is 3.80. The molecule has 1 saturated carbocycles. The Labute approximate surface area is 80.2 Å². The highest BCUT2D eigenvalue weighted by Crippen LogP contribution is 2.40. The van der Waals surface area contributed by atoms with Crippen LogP contribution in [0.1, 0.15) is 46.0 Å². The van der Waals surface area contributed by atoms with Crippen molar-refractivity contribution >= 4 is 5.78 Å². The molecule has 2 atom stereocenters. The molecule has 13 heavy (non-hydrogen) atoms. The maximum absolute atomic E-state index is 11.7. The van der Waals surface area contributed by atoms with Gasteiger partial charge in [-0.2, -0.15) is 0 Å². The number of allylic oxidation sites excluding steroid dienone is 2. The monoisotopic (exact) mass is 178 g/mol. The van der Waals surface area contributed by atoms with E-state index < -0.39 is 0 Å². The molecular formula is C12H18O. The van der Waals surface area contributed by atoms with Crippen LogP contribution in [0, 0.1) is 11.8 Å². The van der Waals surface area contributed by atoms with E-state index in [1.165, 1.54) is 24.0 Å². The molecule has 1 fully saturated rings. The van der Waals surface area contributed by atoms with Crippen LogP contribution in [0.2, 0.25) is 0 Å². The van der Waals surface area contributed by atoms with E-state index in [-0.39, 0.29) is 0 Å². The SMILES string of the molecule is CC1=C(C)C[C@H]2C(=O)CCC[C@H]2C1. The van der Waals surface area contributed by atoms with Crippen molar-refractivity contribution in [2.45, 2.75) is 46.0 Å². The molecule has 2 rings (SSSR count). The lowest BCUT2D eigenvalue weighted by Gasteiger charge is -2.35. The van der Waals surface area contributed by atoms with E-state index in [2.05, 4.69) is 13.8 Å². The number of hydrogen-bond acceptors (Lipinski definition) is 1.